The number of aliphatic carboxylic acids is 1. The zero-order valence-electron chi connectivity index (χ0n) is 5.92. The van der Waals surface area contributed by atoms with Crippen LogP contribution in [0.25, 0.3) is 0 Å². The SMILES string of the molecule is CC(=O)O.N=C(N)NC(N)=O. The Morgan fingerprint density at radius 3 is 1.73 bits per heavy atom. The van der Waals surface area contributed by atoms with Crippen LogP contribution >= 0.6 is 0 Å². The lowest BCUT2D eigenvalue weighted by Gasteiger charge is -1.91. The molecule has 0 radical (unpaired) electrons. The number of nitrogens with one attached hydrogen (secondary N) is 2. The third kappa shape index (κ3) is 64.8. The number of carbonyl (C=O) groups is 2. The Labute approximate surface area is 62.9 Å². The average molecular weight is 162 g/mol. The molecule has 7 N–H and O–H groups in total. The highest BCUT2D eigenvalue weighted by Crippen LogP contribution is 1.48. The zero-order chi connectivity index (χ0) is 9.44. The van der Waals surface area contributed by atoms with Gasteiger partial charge in [-0.1, -0.05) is 0 Å². The van der Waals surface area contributed by atoms with Crippen molar-refractivity contribution in [2.45, 2.75) is 6.92 Å². The first-order valence-electron chi connectivity index (χ1n) is 2.46. The number of primary amides is 1. The van der Waals surface area contributed by atoms with Crippen LogP contribution in [0.4, 0.5) is 4.79 Å². The molecule has 0 spiro atoms. The zero-order valence-corrected chi connectivity index (χ0v) is 5.92. The predicted molar refractivity (Wildman–Crippen MR) is 37.9 cm³/mol. The maximum atomic E-state index is 9.70. The van der Waals surface area contributed by atoms with Crippen LogP contribution in [-0.4, -0.2) is 23.1 Å². The topological polar surface area (TPSA) is 142 Å². The van der Waals surface area contributed by atoms with E-state index in [0.717, 1.165) is 6.92 Å². The number of hydrogen-bond donors (Lipinski definition) is 5. The molecular weight excluding hydrogens is 152 g/mol. The van der Waals surface area contributed by atoms with Gasteiger partial charge in [-0.15, -0.1) is 0 Å². The molecule has 0 aromatic carbocycles. The Hall–Kier alpha value is -1.79. The minimum atomic E-state index is -0.833. The summed E-state index contributed by atoms with van der Waals surface area (Å²) in [6.07, 6.45) is 0. The van der Waals surface area contributed by atoms with E-state index >= 15 is 0 Å². The van der Waals surface area contributed by atoms with Crippen molar-refractivity contribution in [2.75, 3.05) is 0 Å². The fraction of sp³-hybridized carbons (Fsp3) is 0.250. The van der Waals surface area contributed by atoms with Crippen LogP contribution in [0.5, 0.6) is 0 Å². The largest absolute Gasteiger partial charge is 0.481 e. The molecular formula is C4H10N4O3. The molecule has 0 rings (SSSR count). The third-order valence-corrected chi connectivity index (χ3v) is 0.258. The van der Waals surface area contributed by atoms with E-state index in [1.807, 2.05) is 0 Å². The number of carboxylic acids is 1. The molecule has 0 heterocycles. The summed E-state index contributed by atoms with van der Waals surface area (Å²) in [5.41, 5.74) is 9.19. The van der Waals surface area contributed by atoms with Crippen molar-refractivity contribution in [3.63, 3.8) is 0 Å². The minimum Gasteiger partial charge on any atom is -0.481 e. The Morgan fingerprint density at radius 2 is 1.73 bits per heavy atom. The van der Waals surface area contributed by atoms with Crippen molar-refractivity contribution >= 4 is 18.0 Å². The number of carbonyl (C=O) groups excluding carboxylic acids is 1. The first-order chi connectivity index (χ1) is 4.86. The van der Waals surface area contributed by atoms with E-state index < -0.39 is 18.0 Å². The maximum absolute atomic E-state index is 9.70. The minimum absolute atomic E-state index is 0.437. The summed E-state index contributed by atoms with van der Waals surface area (Å²) in [6.45, 7) is 1.08. The molecule has 0 aliphatic carbocycles. The van der Waals surface area contributed by atoms with Gasteiger partial charge in [0.2, 0.25) is 0 Å². The van der Waals surface area contributed by atoms with E-state index in [0.29, 0.717) is 0 Å². The Bertz CT molecular complexity index is 151. The molecule has 0 aliphatic rings. The average Bonchev–Trinajstić information content (AvgIpc) is 1.56. The van der Waals surface area contributed by atoms with E-state index in [4.69, 9.17) is 15.3 Å². The molecule has 0 bridgehead atoms. The number of hydrogen-bond acceptors (Lipinski definition) is 3. The van der Waals surface area contributed by atoms with Crippen molar-refractivity contribution in [1.29, 1.82) is 5.41 Å². The number of guanidine groups is 1. The second-order valence-corrected chi connectivity index (χ2v) is 1.42. The van der Waals surface area contributed by atoms with E-state index in [9.17, 15) is 4.79 Å². The molecule has 0 aliphatic heterocycles. The molecule has 64 valence electrons. The molecule has 0 unspecified atom stereocenters. The number of carboxylic acid groups (broad SMARTS) is 1. The standard InChI is InChI=1S/C2H6N4O.C2H4O2/c3-1(4)6-2(5)7;1-2(3)4/h(H6,3,4,5,6,7);1H3,(H,3,4). The van der Waals surface area contributed by atoms with Crippen LogP contribution in [0.2, 0.25) is 0 Å². The quantitative estimate of drug-likeness (QED) is 0.221. The van der Waals surface area contributed by atoms with Gasteiger partial charge in [0.25, 0.3) is 5.97 Å². The lowest BCUT2D eigenvalue weighted by molar-refractivity contribution is -0.134. The predicted octanol–water partition coefficient (Wildman–Crippen LogP) is -1.36. The lowest BCUT2D eigenvalue weighted by atomic mass is 10.9. The van der Waals surface area contributed by atoms with E-state index in [1.165, 1.54) is 0 Å². The van der Waals surface area contributed by atoms with Crippen LogP contribution < -0.4 is 16.8 Å². The third-order valence-electron chi connectivity index (χ3n) is 0.258. The first kappa shape index (κ1) is 11.9. The van der Waals surface area contributed by atoms with E-state index in [-0.39, 0.29) is 0 Å². The highest BCUT2D eigenvalue weighted by molar-refractivity contribution is 5.92. The second kappa shape index (κ2) is 6.33. The number of amides is 2. The Kier molecular flexibility index (Phi) is 6.87. The molecule has 7 heteroatoms. The van der Waals surface area contributed by atoms with E-state index in [1.54, 1.807) is 5.32 Å². The summed E-state index contributed by atoms with van der Waals surface area (Å²) in [5.74, 6) is -1.27. The summed E-state index contributed by atoms with van der Waals surface area (Å²) in [6, 6.07) is -0.812. The van der Waals surface area contributed by atoms with Gasteiger partial charge in [0, 0.05) is 6.92 Å². The number of rotatable bonds is 0. The maximum Gasteiger partial charge on any atom is 0.318 e. The van der Waals surface area contributed by atoms with Crippen molar-refractivity contribution < 1.29 is 14.7 Å². The molecule has 0 atom stereocenters. The lowest BCUT2D eigenvalue weighted by Crippen LogP contribution is -2.39. The van der Waals surface area contributed by atoms with Crippen molar-refractivity contribution in [1.82, 2.24) is 5.32 Å². The van der Waals surface area contributed by atoms with Crippen LogP contribution in [-0.2, 0) is 4.79 Å². The van der Waals surface area contributed by atoms with Crippen molar-refractivity contribution in [3.05, 3.63) is 0 Å². The fourth-order valence-electron chi connectivity index (χ4n) is 0.133. The van der Waals surface area contributed by atoms with Gasteiger partial charge in [-0.25, -0.2) is 4.79 Å². The summed E-state index contributed by atoms with van der Waals surface area (Å²) in [5, 5.41) is 15.6. The highest BCUT2D eigenvalue weighted by Gasteiger charge is 1.88. The van der Waals surface area contributed by atoms with Crippen molar-refractivity contribution in [3.8, 4) is 0 Å². The fourth-order valence-corrected chi connectivity index (χ4v) is 0.133. The van der Waals surface area contributed by atoms with Gasteiger partial charge in [0.1, 0.15) is 0 Å². The first-order valence-corrected chi connectivity index (χ1v) is 2.46. The van der Waals surface area contributed by atoms with Gasteiger partial charge in [-0.05, 0) is 0 Å². The molecule has 2 amide bonds. The van der Waals surface area contributed by atoms with Crippen LogP contribution in [0, 0.1) is 5.41 Å². The summed E-state index contributed by atoms with van der Waals surface area (Å²) >= 11 is 0. The van der Waals surface area contributed by atoms with Gasteiger partial charge in [0.15, 0.2) is 5.96 Å². The Balaban J connectivity index is 0. The summed E-state index contributed by atoms with van der Waals surface area (Å²) < 4.78 is 0. The molecule has 0 saturated heterocycles. The number of nitrogens with two attached hydrogens (primary N) is 2. The molecule has 7 nitrogen and oxygen atoms in total. The molecule has 11 heavy (non-hydrogen) atoms. The van der Waals surface area contributed by atoms with Crippen LogP contribution in [0.15, 0.2) is 0 Å². The van der Waals surface area contributed by atoms with Crippen LogP contribution in [0.3, 0.4) is 0 Å². The van der Waals surface area contributed by atoms with Gasteiger partial charge in [-0.3, -0.25) is 15.5 Å². The second-order valence-electron chi connectivity index (χ2n) is 1.42. The van der Waals surface area contributed by atoms with Gasteiger partial charge >= 0.3 is 6.03 Å². The number of urea groups is 1. The van der Waals surface area contributed by atoms with Gasteiger partial charge < -0.3 is 16.6 Å². The highest BCUT2D eigenvalue weighted by atomic mass is 16.4. The van der Waals surface area contributed by atoms with Gasteiger partial charge in [-0.2, -0.15) is 0 Å². The smallest absolute Gasteiger partial charge is 0.318 e. The molecule has 0 aromatic heterocycles. The van der Waals surface area contributed by atoms with Gasteiger partial charge in [0.05, 0.1) is 0 Å². The summed E-state index contributed by atoms with van der Waals surface area (Å²) in [7, 11) is 0. The normalized spacial score (nSPS) is 7.00. The summed E-state index contributed by atoms with van der Waals surface area (Å²) in [4.78, 5) is 18.7. The molecule has 0 fully saturated rings. The van der Waals surface area contributed by atoms with Crippen molar-refractivity contribution in [2.24, 2.45) is 11.5 Å². The monoisotopic (exact) mass is 162 g/mol. The van der Waals surface area contributed by atoms with E-state index in [2.05, 4.69) is 11.5 Å². The van der Waals surface area contributed by atoms with Crippen LogP contribution in [0.1, 0.15) is 6.92 Å². The Morgan fingerprint density at radius 1 is 1.45 bits per heavy atom. The molecule has 0 aromatic rings. The molecule has 0 saturated carbocycles.